The van der Waals surface area contributed by atoms with Crippen LogP contribution in [0.25, 0.3) is 11.1 Å². The van der Waals surface area contributed by atoms with E-state index in [4.69, 9.17) is 14.9 Å². The average molecular weight is 376 g/mol. The number of nitrogens with zero attached hydrogens (tertiary/aromatic N) is 1. The molecule has 2 aromatic carbocycles. The summed E-state index contributed by atoms with van der Waals surface area (Å²) in [7, 11) is 1.54. The first-order valence-corrected chi connectivity index (χ1v) is 8.14. The van der Waals surface area contributed by atoms with Gasteiger partial charge in [0.1, 0.15) is 5.52 Å². The van der Waals surface area contributed by atoms with Crippen LogP contribution >= 0.6 is 12.4 Å². The minimum absolute atomic E-state index is 0. The molecule has 0 aliphatic rings. The minimum atomic E-state index is -0.286. The number of hydrogen-bond acceptors (Lipinski definition) is 5. The fraction of sp³-hybridized carbons (Fsp3) is 0.263. The normalized spacial score (nSPS) is 11.8. The molecule has 0 aliphatic carbocycles. The zero-order valence-corrected chi connectivity index (χ0v) is 15.3. The number of fused-ring (bicyclic) bond motifs is 1. The van der Waals surface area contributed by atoms with Gasteiger partial charge in [0.25, 0.3) is 0 Å². The molecular weight excluding hydrogens is 354 g/mol. The standard InChI is InChI=1S/C19H21N3O3.ClH/c1-24-15(12-20)11-18(23)21-14-7-8-16-17(10-14)25-19(22-16)9-13-5-3-2-4-6-13;/h2-8,10,15H,9,11-12,20H2,1H3,(H,21,23);1H. The molecule has 6 nitrogen and oxygen atoms in total. The van der Waals surface area contributed by atoms with E-state index < -0.39 is 0 Å². The third-order valence-electron chi connectivity index (χ3n) is 3.92. The minimum Gasteiger partial charge on any atom is -0.440 e. The Labute approximate surface area is 158 Å². The summed E-state index contributed by atoms with van der Waals surface area (Å²) in [4.78, 5) is 16.5. The van der Waals surface area contributed by atoms with Crippen molar-refractivity contribution in [1.82, 2.24) is 4.98 Å². The fourth-order valence-electron chi connectivity index (χ4n) is 2.58. The zero-order valence-electron chi connectivity index (χ0n) is 14.5. The van der Waals surface area contributed by atoms with E-state index in [0.717, 1.165) is 11.1 Å². The molecule has 0 fully saturated rings. The summed E-state index contributed by atoms with van der Waals surface area (Å²) in [5.41, 5.74) is 8.74. The lowest BCUT2D eigenvalue weighted by molar-refractivity contribution is -0.118. The zero-order chi connectivity index (χ0) is 17.6. The first kappa shape index (κ1) is 19.9. The highest BCUT2D eigenvalue weighted by molar-refractivity contribution is 5.93. The van der Waals surface area contributed by atoms with Crippen molar-refractivity contribution in [3.05, 3.63) is 60.0 Å². The van der Waals surface area contributed by atoms with Gasteiger partial charge in [-0.3, -0.25) is 4.79 Å². The molecule has 1 atom stereocenters. The van der Waals surface area contributed by atoms with Gasteiger partial charge in [-0.2, -0.15) is 0 Å². The third-order valence-corrected chi connectivity index (χ3v) is 3.92. The van der Waals surface area contributed by atoms with Gasteiger partial charge in [-0.15, -0.1) is 12.4 Å². The summed E-state index contributed by atoms with van der Waals surface area (Å²) < 4.78 is 10.9. The molecule has 3 N–H and O–H groups in total. The Kier molecular flexibility index (Phi) is 7.15. The van der Waals surface area contributed by atoms with Crippen molar-refractivity contribution < 1.29 is 13.9 Å². The van der Waals surface area contributed by atoms with Gasteiger partial charge in [0.05, 0.1) is 12.5 Å². The molecule has 1 amide bonds. The summed E-state index contributed by atoms with van der Waals surface area (Å²) in [5.74, 6) is 0.493. The summed E-state index contributed by atoms with van der Waals surface area (Å²) in [6, 6.07) is 15.4. The van der Waals surface area contributed by atoms with Crippen molar-refractivity contribution in [2.75, 3.05) is 19.0 Å². The summed E-state index contributed by atoms with van der Waals surface area (Å²) >= 11 is 0. The van der Waals surface area contributed by atoms with Crippen LogP contribution in [-0.2, 0) is 16.0 Å². The predicted molar refractivity (Wildman–Crippen MR) is 104 cm³/mol. The van der Waals surface area contributed by atoms with Gasteiger partial charge >= 0.3 is 0 Å². The first-order chi connectivity index (χ1) is 12.2. The number of amides is 1. The molecule has 0 radical (unpaired) electrons. The van der Waals surface area contributed by atoms with Crippen LogP contribution in [0.5, 0.6) is 0 Å². The highest BCUT2D eigenvalue weighted by Crippen LogP contribution is 2.22. The predicted octanol–water partition coefficient (Wildman–Crippen LogP) is 3.14. The van der Waals surface area contributed by atoms with E-state index >= 15 is 0 Å². The van der Waals surface area contributed by atoms with Crippen LogP contribution in [0.2, 0.25) is 0 Å². The van der Waals surface area contributed by atoms with Gasteiger partial charge in [0, 0.05) is 31.8 Å². The van der Waals surface area contributed by atoms with Crippen molar-refractivity contribution >= 4 is 35.1 Å². The number of benzene rings is 2. The van der Waals surface area contributed by atoms with Crippen LogP contribution in [0, 0.1) is 0 Å². The number of hydrogen-bond donors (Lipinski definition) is 2. The Bertz CT molecular complexity index is 848. The van der Waals surface area contributed by atoms with E-state index in [1.807, 2.05) is 36.4 Å². The Balaban J connectivity index is 0.00000243. The second-order valence-corrected chi connectivity index (χ2v) is 5.80. The number of carbonyl (C=O) groups excluding carboxylic acids is 1. The average Bonchev–Trinajstić information content (AvgIpc) is 3.02. The van der Waals surface area contributed by atoms with E-state index in [9.17, 15) is 4.79 Å². The number of rotatable bonds is 7. The number of nitrogens with two attached hydrogens (primary N) is 1. The Hall–Kier alpha value is -2.41. The number of nitrogens with one attached hydrogen (secondary N) is 1. The number of ether oxygens (including phenoxy) is 1. The van der Waals surface area contributed by atoms with E-state index in [0.29, 0.717) is 30.1 Å². The van der Waals surface area contributed by atoms with E-state index in [2.05, 4.69) is 10.3 Å². The molecule has 1 unspecified atom stereocenters. The van der Waals surface area contributed by atoms with Crippen LogP contribution in [0.1, 0.15) is 17.9 Å². The number of halogens is 1. The fourth-order valence-corrected chi connectivity index (χ4v) is 2.58. The van der Waals surface area contributed by atoms with Crippen LogP contribution in [-0.4, -0.2) is 30.6 Å². The van der Waals surface area contributed by atoms with E-state index in [-0.39, 0.29) is 30.8 Å². The maximum Gasteiger partial charge on any atom is 0.227 e. The first-order valence-electron chi connectivity index (χ1n) is 8.14. The molecule has 1 heterocycles. The topological polar surface area (TPSA) is 90.4 Å². The van der Waals surface area contributed by atoms with Crippen molar-refractivity contribution in [2.45, 2.75) is 18.9 Å². The Morgan fingerprint density at radius 3 is 2.73 bits per heavy atom. The van der Waals surface area contributed by atoms with Gasteiger partial charge in [0.2, 0.25) is 5.91 Å². The molecule has 0 bridgehead atoms. The van der Waals surface area contributed by atoms with E-state index in [1.165, 1.54) is 0 Å². The molecular formula is C19H22ClN3O3. The maximum absolute atomic E-state index is 12.0. The lowest BCUT2D eigenvalue weighted by Crippen LogP contribution is -2.28. The summed E-state index contributed by atoms with van der Waals surface area (Å²) in [5, 5.41) is 2.83. The second kappa shape index (κ2) is 9.33. The van der Waals surface area contributed by atoms with Crippen LogP contribution in [0.3, 0.4) is 0 Å². The molecule has 1 aromatic heterocycles. The maximum atomic E-state index is 12.0. The van der Waals surface area contributed by atoms with Crippen molar-refractivity contribution in [3.8, 4) is 0 Å². The summed E-state index contributed by atoms with van der Waals surface area (Å²) in [6.45, 7) is 0.300. The molecule has 0 aliphatic heterocycles. The third kappa shape index (κ3) is 5.05. The highest BCUT2D eigenvalue weighted by Gasteiger charge is 2.13. The molecule has 0 spiro atoms. The number of carbonyl (C=O) groups is 1. The van der Waals surface area contributed by atoms with Gasteiger partial charge in [-0.25, -0.2) is 4.98 Å². The largest absolute Gasteiger partial charge is 0.440 e. The molecule has 138 valence electrons. The number of oxazole rings is 1. The second-order valence-electron chi connectivity index (χ2n) is 5.80. The molecule has 0 saturated heterocycles. The highest BCUT2D eigenvalue weighted by atomic mass is 35.5. The smallest absolute Gasteiger partial charge is 0.227 e. The monoisotopic (exact) mass is 375 g/mol. The van der Waals surface area contributed by atoms with Gasteiger partial charge < -0.3 is 20.2 Å². The van der Waals surface area contributed by atoms with Crippen molar-refractivity contribution in [1.29, 1.82) is 0 Å². The lowest BCUT2D eigenvalue weighted by Gasteiger charge is -2.12. The van der Waals surface area contributed by atoms with Crippen molar-refractivity contribution in [3.63, 3.8) is 0 Å². The van der Waals surface area contributed by atoms with Crippen LogP contribution in [0.4, 0.5) is 5.69 Å². The summed E-state index contributed by atoms with van der Waals surface area (Å²) in [6.07, 6.45) is 0.552. The van der Waals surface area contributed by atoms with Crippen molar-refractivity contribution in [2.24, 2.45) is 5.73 Å². The van der Waals surface area contributed by atoms with Crippen LogP contribution in [0.15, 0.2) is 52.9 Å². The number of aromatic nitrogens is 1. The molecule has 7 heteroatoms. The Morgan fingerprint density at radius 1 is 1.27 bits per heavy atom. The molecule has 3 aromatic rings. The Morgan fingerprint density at radius 2 is 2.04 bits per heavy atom. The van der Waals surface area contributed by atoms with Gasteiger partial charge in [0.15, 0.2) is 11.5 Å². The van der Waals surface area contributed by atoms with E-state index in [1.54, 1.807) is 19.2 Å². The molecule has 0 saturated carbocycles. The molecule has 26 heavy (non-hydrogen) atoms. The number of methoxy groups -OCH3 is 1. The number of anilines is 1. The lowest BCUT2D eigenvalue weighted by atomic mass is 10.1. The van der Waals surface area contributed by atoms with Crippen LogP contribution < -0.4 is 11.1 Å². The quantitative estimate of drug-likeness (QED) is 0.662. The van der Waals surface area contributed by atoms with Gasteiger partial charge in [-0.1, -0.05) is 30.3 Å². The van der Waals surface area contributed by atoms with Gasteiger partial charge in [-0.05, 0) is 17.7 Å². The SMILES string of the molecule is COC(CN)CC(=O)Nc1ccc2nc(Cc3ccccc3)oc2c1.Cl. The molecule has 3 rings (SSSR count).